The Hall–Kier alpha value is -3.15. The molecule has 0 saturated carbocycles. The van der Waals surface area contributed by atoms with Crippen molar-refractivity contribution in [3.8, 4) is 11.5 Å². The first-order valence-electron chi connectivity index (χ1n) is 13.0. The fraction of sp³-hybridized carbons (Fsp3) is 0.500. The Morgan fingerprint density at radius 1 is 1.03 bits per heavy atom. The molecule has 1 aromatic heterocycles. The Kier molecular flexibility index (Phi) is 8.27. The lowest BCUT2D eigenvalue weighted by molar-refractivity contribution is 0.0806. The number of nitrogens with two attached hydrogens (primary N) is 1. The van der Waals surface area contributed by atoms with Gasteiger partial charge in [-0.15, -0.1) is 0 Å². The molecule has 2 aromatic carbocycles. The monoisotopic (exact) mass is 493 g/mol. The Morgan fingerprint density at radius 2 is 1.72 bits per heavy atom. The van der Waals surface area contributed by atoms with Gasteiger partial charge in [0.05, 0.1) is 12.8 Å². The van der Waals surface area contributed by atoms with E-state index < -0.39 is 6.23 Å². The summed E-state index contributed by atoms with van der Waals surface area (Å²) < 4.78 is 11.8. The summed E-state index contributed by atoms with van der Waals surface area (Å²) in [6, 6.07) is 12.0. The number of H-pyrrole nitrogens is 1. The number of nitrogen functional groups attached to an aromatic ring is 1. The van der Waals surface area contributed by atoms with E-state index in [0.29, 0.717) is 23.6 Å². The Morgan fingerprint density at radius 3 is 2.33 bits per heavy atom. The second kappa shape index (κ2) is 10.9. The number of rotatable bonds is 11. The van der Waals surface area contributed by atoms with Crippen LogP contribution in [0.3, 0.4) is 0 Å². The Balaban J connectivity index is 1.92. The highest BCUT2D eigenvalue weighted by atomic mass is 16.5. The van der Waals surface area contributed by atoms with Gasteiger partial charge in [0, 0.05) is 22.9 Å². The molecular formula is C30H43N3O3. The molecule has 6 nitrogen and oxygen atoms in total. The maximum Gasteiger partial charge on any atom is 0.272 e. The number of benzene rings is 2. The van der Waals surface area contributed by atoms with Crippen LogP contribution in [-0.4, -0.2) is 24.2 Å². The number of carbonyl (C=O) groups excluding carboxylic acids is 1. The molecule has 3 rings (SSSR count). The van der Waals surface area contributed by atoms with Crippen LogP contribution in [0.1, 0.15) is 95.8 Å². The van der Waals surface area contributed by atoms with Gasteiger partial charge in [0.2, 0.25) is 0 Å². The number of methoxy groups -OCH3 is 1. The van der Waals surface area contributed by atoms with Crippen LogP contribution in [0.25, 0.3) is 10.9 Å². The van der Waals surface area contributed by atoms with Crippen LogP contribution < -0.4 is 20.5 Å². The van der Waals surface area contributed by atoms with Crippen molar-refractivity contribution in [2.75, 3.05) is 12.8 Å². The summed E-state index contributed by atoms with van der Waals surface area (Å²) in [5, 5.41) is 3.82. The van der Waals surface area contributed by atoms with Crippen LogP contribution in [0.5, 0.6) is 11.5 Å². The van der Waals surface area contributed by atoms with E-state index in [-0.39, 0.29) is 16.7 Å². The third-order valence-corrected chi connectivity index (χ3v) is 7.64. The molecular weight excluding hydrogens is 450 g/mol. The van der Waals surface area contributed by atoms with E-state index in [2.05, 4.69) is 77.0 Å². The van der Waals surface area contributed by atoms with Crippen molar-refractivity contribution in [1.29, 1.82) is 0 Å². The standard InChI is InChI=1S/C30H43N3O3/c1-9-12-25(33-28(34)27-26(31)21-18-20(35-8)14-15-23(21)32-27)36-24-16-13-19(29(4,5)10-2)17-22(24)30(6,7)11-3/h13-18,25,32H,9-12,31H2,1-8H3,(H,33,34). The van der Waals surface area contributed by atoms with E-state index >= 15 is 0 Å². The zero-order valence-corrected chi connectivity index (χ0v) is 23.2. The van der Waals surface area contributed by atoms with Crippen LogP contribution in [0.15, 0.2) is 36.4 Å². The van der Waals surface area contributed by atoms with Crippen LogP contribution >= 0.6 is 0 Å². The van der Waals surface area contributed by atoms with E-state index in [1.807, 2.05) is 18.2 Å². The van der Waals surface area contributed by atoms with E-state index in [1.54, 1.807) is 7.11 Å². The molecule has 0 fully saturated rings. The molecule has 196 valence electrons. The summed E-state index contributed by atoms with van der Waals surface area (Å²) >= 11 is 0. The predicted molar refractivity (Wildman–Crippen MR) is 149 cm³/mol. The molecule has 0 aliphatic carbocycles. The predicted octanol–water partition coefficient (Wildman–Crippen LogP) is 7.07. The summed E-state index contributed by atoms with van der Waals surface area (Å²) in [6.45, 7) is 15.5. The second-order valence-corrected chi connectivity index (χ2v) is 10.9. The molecule has 4 N–H and O–H groups in total. The van der Waals surface area contributed by atoms with Gasteiger partial charge in [0.25, 0.3) is 5.91 Å². The topological polar surface area (TPSA) is 89.4 Å². The number of anilines is 1. The smallest absolute Gasteiger partial charge is 0.272 e. The van der Waals surface area contributed by atoms with Crippen LogP contribution in [0.4, 0.5) is 5.69 Å². The summed E-state index contributed by atoms with van der Waals surface area (Å²) in [4.78, 5) is 16.4. The van der Waals surface area contributed by atoms with Gasteiger partial charge in [-0.1, -0.05) is 67.0 Å². The van der Waals surface area contributed by atoms with Gasteiger partial charge in [-0.25, -0.2) is 0 Å². The van der Waals surface area contributed by atoms with Gasteiger partial charge in [0.1, 0.15) is 17.2 Å². The average molecular weight is 494 g/mol. The molecule has 36 heavy (non-hydrogen) atoms. The highest BCUT2D eigenvalue weighted by molar-refractivity contribution is 6.07. The first kappa shape index (κ1) is 27.4. The van der Waals surface area contributed by atoms with Crippen molar-refractivity contribution >= 4 is 22.5 Å². The quantitative estimate of drug-likeness (QED) is 0.249. The number of carbonyl (C=O) groups is 1. The average Bonchev–Trinajstić information content (AvgIpc) is 3.19. The number of ether oxygens (including phenoxy) is 2. The van der Waals surface area contributed by atoms with Crippen LogP contribution in [0.2, 0.25) is 0 Å². The molecule has 0 spiro atoms. The molecule has 6 heteroatoms. The fourth-order valence-corrected chi connectivity index (χ4v) is 4.27. The first-order valence-corrected chi connectivity index (χ1v) is 13.0. The SMILES string of the molecule is CCCC(NC(=O)c1[nH]c2ccc(OC)cc2c1N)Oc1ccc(C(C)(C)CC)cc1C(C)(C)CC. The fourth-order valence-electron chi connectivity index (χ4n) is 4.27. The Bertz CT molecular complexity index is 1210. The van der Waals surface area contributed by atoms with E-state index in [9.17, 15) is 4.79 Å². The van der Waals surface area contributed by atoms with Crippen molar-refractivity contribution in [1.82, 2.24) is 10.3 Å². The van der Waals surface area contributed by atoms with Gasteiger partial charge >= 0.3 is 0 Å². The van der Waals surface area contributed by atoms with E-state index in [1.165, 1.54) is 5.56 Å². The molecule has 0 bridgehead atoms. The lowest BCUT2D eigenvalue weighted by Gasteiger charge is -2.32. The highest BCUT2D eigenvalue weighted by Gasteiger charge is 2.28. The van der Waals surface area contributed by atoms with Crippen molar-refractivity contribution in [2.45, 2.75) is 91.2 Å². The van der Waals surface area contributed by atoms with Crippen molar-refractivity contribution in [2.24, 2.45) is 0 Å². The molecule has 0 aliphatic heterocycles. The van der Waals surface area contributed by atoms with Crippen LogP contribution in [0, 0.1) is 0 Å². The maximum atomic E-state index is 13.3. The zero-order chi connectivity index (χ0) is 26.7. The molecule has 0 aliphatic rings. The van der Waals surface area contributed by atoms with Gasteiger partial charge < -0.3 is 25.5 Å². The van der Waals surface area contributed by atoms with Gasteiger partial charge in [-0.2, -0.15) is 0 Å². The molecule has 0 saturated heterocycles. The van der Waals surface area contributed by atoms with Crippen LogP contribution in [-0.2, 0) is 10.8 Å². The Labute approximate surface area is 215 Å². The number of hydrogen-bond acceptors (Lipinski definition) is 4. The third-order valence-electron chi connectivity index (χ3n) is 7.64. The van der Waals surface area contributed by atoms with Crippen molar-refractivity contribution < 1.29 is 14.3 Å². The summed E-state index contributed by atoms with van der Waals surface area (Å²) in [5.41, 5.74) is 10.3. The molecule has 3 aromatic rings. The highest BCUT2D eigenvalue weighted by Crippen LogP contribution is 2.39. The summed E-state index contributed by atoms with van der Waals surface area (Å²) in [6.07, 6.45) is 3.07. The van der Waals surface area contributed by atoms with Gasteiger partial charge in [0.15, 0.2) is 6.23 Å². The van der Waals surface area contributed by atoms with E-state index in [0.717, 1.165) is 41.5 Å². The van der Waals surface area contributed by atoms with E-state index in [4.69, 9.17) is 15.2 Å². The molecule has 1 heterocycles. The number of aromatic amines is 1. The zero-order valence-electron chi connectivity index (χ0n) is 23.2. The minimum absolute atomic E-state index is 0.0728. The van der Waals surface area contributed by atoms with Gasteiger partial charge in [-0.05, 0) is 53.5 Å². The largest absolute Gasteiger partial charge is 0.497 e. The summed E-state index contributed by atoms with van der Waals surface area (Å²) in [5.74, 6) is 1.21. The van der Waals surface area contributed by atoms with Crippen molar-refractivity contribution in [3.05, 3.63) is 53.2 Å². The number of fused-ring (bicyclic) bond motifs is 1. The minimum Gasteiger partial charge on any atom is -0.497 e. The molecule has 1 unspecified atom stereocenters. The number of hydrogen-bond donors (Lipinski definition) is 3. The molecule has 1 atom stereocenters. The first-order chi connectivity index (χ1) is 17.0. The second-order valence-electron chi connectivity index (χ2n) is 10.9. The summed E-state index contributed by atoms with van der Waals surface area (Å²) in [7, 11) is 1.61. The molecule has 1 amide bonds. The van der Waals surface area contributed by atoms with Crippen molar-refractivity contribution in [3.63, 3.8) is 0 Å². The number of aromatic nitrogens is 1. The molecule has 0 radical (unpaired) electrons. The maximum absolute atomic E-state index is 13.3. The lowest BCUT2D eigenvalue weighted by Crippen LogP contribution is -2.40. The normalized spacial score (nSPS) is 13.0. The number of amides is 1. The van der Waals surface area contributed by atoms with Gasteiger partial charge in [-0.3, -0.25) is 4.79 Å². The minimum atomic E-state index is -0.487. The third kappa shape index (κ3) is 5.63. The number of nitrogens with one attached hydrogen (secondary N) is 2. The lowest BCUT2D eigenvalue weighted by atomic mass is 9.76.